The number of ketones is 1. The Morgan fingerprint density at radius 3 is 2.53 bits per heavy atom. The molecule has 0 spiro atoms. The van der Waals surface area contributed by atoms with E-state index in [2.05, 4.69) is 4.98 Å². The van der Waals surface area contributed by atoms with E-state index < -0.39 is 10.1 Å². The molecule has 0 saturated heterocycles. The number of allylic oxidation sites excluding steroid dienone is 1. The number of aromatic nitrogens is 1. The number of H-pyrrole nitrogens is 1. The number of para-hydroxylation sites is 1. The highest BCUT2D eigenvalue weighted by Crippen LogP contribution is 2.36. The van der Waals surface area contributed by atoms with Crippen molar-refractivity contribution in [2.45, 2.75) is 4.90 Å². The van der Waals surface area contributed by atoms with E-state index in [1.807, 2.05) is 24.3 Å². The molecular formula is C23H15NO5S. The predicted octanol–water partition coefficient (Wildman–Crippen LogP) is 4.55. The summed E-state index contributed by atoms with van der Waals surface area (Å²) in [6.45, 7) is 0. The van der Waals surface area contributed by atoms with Crippen LogP contribution in [0.4, 0.5) is 0 Å². The predicted molar refractivity (Wildman–Crippen MR) is 112 cm³/mol. The molecule has 0 atom stereocenters. The molecule has 148 valence electrons. The molecule has 30 heavy (non-hydrogen) atoms. The molecule has 0 saturated carbocycles. The Balaban J connectivity index is 1.44. The summed E-state index contributed by atoms with van der Waals surface area (Å²) in [4.78, 5) is 15.9. The molecule has 1 aromatic heterocycles. The van der Waals surface area contributed by atoms with Crippen LogP contribution in [0, 0.1) is 0 Å². The maximum atomic E-state index is 12.7. The fraction of sp³-hybridized carbons (Fsp3) is 0. The third kappa shape index (κ3) is 3.15. The lowest BCUT2D eigenvalue weighted by molar-refractivity contribution is 0.101. The minimum absolute atomic E-state index is 0.0439. The summed E-state index contributed by atoms with van der Waals surface area (Å²) in [7, 11) is -3.98. The molecule has 4 aromatic rings. The number of rotatable bonds is 4. The van der Waals surface area contributed by atoms with Crippen LogP contribution in [0.3, 0.4) is 0 Å². The third-order valence-corrected chi connectivity index (χ3v) is 6.05. The second kappa shape index (κ2) is 6.89. The number of nitrogens with one attached hydrogen (secondary N) is 1. The maximum absolute atomic E-state index is 12.7. The average Bonchev–Trinajstić information content (AvgIpc) is 3.30. The minimum atomic E-state index is -3.98. The van der Waals surface area contributed by atoms with Crippen molar-refractivity contribution in [3.63, 3.8) is 0 Å². The topological polar surface area (TPSA) is 85.5 Å². The number of carbonyl (C=O) groups excluding carboxylic acids is 1. The molecule has 0 aliphatic carbocycles. The Kier molecular flexibility index (Phi) is 4.18. The highest BCUT2D eigenvalue weighted by Gasteiger charge is 2.29. The van der Waals surface area contributed by atoms with Gasteiger partial charge in [-0.2, -0.15) is 8.42 Å². The second-order valence-electron chi connectivity index (χ2n) is 6.74. The van der Waals surface area contributed by atoms with E-state index in [-0.39, 0.29) is 27.9 Å². The zero-order chi connectivity index (χ0) is 20.7. The quantitative estimate of drug-likeness (QED) is 0.389. The van der Waals surface area contributed by atoms with Gasteiger partial charge >= 0.3 is 10.1 Å². The molecule has 5 rings (SSSR count). The summed E-state index contributed by atoms with van der Waals surface area (Å²) in [5.74, 6) is 0.219. The van der Waals surface area contributed by atoms with Crippen LogP contribution in [0.15, 0.2) is 89.6 Å². The van der Waals surface area contributed by atoms with E-state index in [1.54, 1.807) is 30.5 Å². The van der Waals surface area contributed by atoms with Gasteiger partial charge in [0.25, 0.3) is 0 Å². The zero-order valence-electron chi connectivity index (χ0n) is 15.5. The van der Waals surface area contributed by atoms with E-state index in [4.69, 9.17) is 8.92 Å². The van der Waals surface area contributed by atoms with Crippen molar-refractivity contribution < 1.29 is 22.1 Å². The van der Waals surface area contributed by atoms with Crippen molar-refractivity contribution >= 4 is 32.9 Å². The molecule has 1 aliphatic heterocycles. The summed E-state index contributed by atoms with van der Waals surface area (Å²) in [6, 6.07) is 19.9. The van der Waals surface area contributed by atoms with Crippen molar-refractivity contribution in [2.75, 3.05) is 0 Å². The first-order chi connectivity index (χ1) is 14.5. The summed E-state index contributed by atoms with van der Waals surface area (Å²) in [5.41, 5.74) is 2.13. The molecule has 0 bridgehead atoms. The van der Waals surface area contributed by atoms with E-state index in [1.165, 1.54) is 30.3 Å². The van der Waals surface area contributed by atoms with Gasteiger partial charge in [0.2, 0.25) is 5.78 Å². The van der Waals surface area contributed by atoms with Crippen molar-refractivity contribution in [3.8, 4) is 11.5 Å². The molecular weight excluding hydrogens is 402 g/mol. The monoisotopic (exact) mass is 417 g/mol. The first-order valence-corrected chi connectivity index (χ1v) is 10.6. The van der Waals surface area contributed by atoms with Gasteiger partial charge in [-0.15, -0.1) is 0 Å². The highest BCUT2D eigenvalue weighted by molar-refractivity contribution is 7.87. The first-order valence-electron chi connectivity index (χ1n) is 9.15. The van der Waals surface area contributed by atoms with E-state index in [9.17, 15) is 13.2 Å². The SMILES string of the molecule is O=C1C(=Cc2c[nH]c3ccccc23)Oc2cc(OS(=O)(=O)c3ccccc3)ccc21. The second-order valence-corrected chi connectivity index (χ2v) is 8.28. The summed E-state index contributed by atoms with van der Waals surface area (Å²) < 4.78 is 35.8. The van der Waals surface area contributed by atoms with Gasteiger partial charge < -0.3 is 13.9 Å². The van der Waals surface area contributed by atoms with Crippen LogP contribution in [0.5, 0.6) is 11.5 Å². The number of carbonyl (C=O) groups is 1. The van der Waals surface area contributed by atoms with Gasteiger partial charge in [0.05, 0.1) is 5.56 Å². The first kappa shape index (κ1) is 18.2. The summed E-state index contributed by atoms with van der Waals surface area (Å²) >= 11 is 0. The van der Waals surface area contributed by atoms with Crippen LogP contribution in [0.2, 0.25) is 0 Å². The van der Waals surface area contributed by atoms with Crippen LogP contribution < -0.4 is 8.92 Å². The molecule has 0 amide bonds. The largest absolute Gasteiger partial charge is 0.452 e. The number of benzene rings is 3. The van der Waals surface area contributed by atoms with Crippen LogP contribution in [0.1, 0.15) is 15.9 Å². The Morgan fingerprint density at radius 2 is 1.70 bits per heavy atom. The number of hydrogen-bond acceptors (Lipinski definition) is 5. The van der Waals surface area contributed by atoms with Gasteiger partial charge in [0, 0.05) is 28.7 Å². The number of ether oxygens (including phenoxy) is 1. The molecule has 0 unspecified atom stereocenters. The van der Waals surface area contributed by atoms with Crippen LogP contribution in [-0.2, 0) is 10.1 Å². The summed E-state index contributed by atoms with van der Waals surface area (Å²) in [5, 5.41) is 0.968. The molecule has 0 fully saturated rings. The average molecular weight is 417 g/mol. The minimum Gasteiger partial charge on any atom is -0.452 e. The number of fused-ring (bicyclic) bond motifs is 2. The highest BCUT2D eigenvalue weighted by atomic mass is 32.2. The standard InChI is InChI=1S/C23H15NO5S/c25-23-19-11-10-16(29-30(26,27)17-6-2-1-3-7-17)13-21(19)28-22(23)12-15-14-24-20-9-5-4-8-18(15)20/h1-14,24H. The Hall–Kier alpha value is -3.84. The van der Waals surface area contributed by atoms with E-state index in [0.717, 1.165) is 16.5 Å². The number of Topliss-reactive ketones (excluding diaryl/α,β-unsaturated/α-hetero) is 1. The summed E-state index contributed by atoms with van der Waals surface area (Å²) in [6.07, 6.45) is 3.47. The Labute approximate surface area is 172 Å². The van der Waals surface area contributed by atoms with Crippen LogP contribution in [-0.4, -0.2) is 19.2 Å². The molecule has 7 heteroatoms. The van der Waals surface area contributed by atoms with E-state index >= 15 is 0 Å². The fourth-order valence-electron chi connectivity index (χ4n) is 3.34. The Bertz CT molecular complexity index is 1420. The molecule has 1 N–H and O–H groups in total. The molecule has 1 aliphatic rings. The van der Waals surface area contributed by atoms with Crippen molar-refractivity contribution in [2.24, 2.45) is 0 Å². The van der Waals surface area contributed by atoms with Crippen molar-refractivity contribution in [3.05, 3.63) is 95.9 Å². The molecule has 6 nitrogen and oxygen atoms in total. The normalized spacial score (nSPS) is 14.7. The molecule has 2 heterocycles. The molecule has 3 aromatic carbocycles. The van der Waals surface area contributed by atoms with Gasteiger partial charge in [-0.05, 0) is 36.4 Å². The van der Waals surface area contributed by atoms with Crippen LogP contribution >= 0.6 is 0 Å². The smallest absolute Gasteiger partial charge is 0.339 e. The fourth-order valence-corrected chi connectivity index (χ4v) is 4.28. The van der Waals surface area contributed by atoms with Gasteiger partial charge in [0.15, 0.2) is 5.76 Å². The number of aromatic amines is 1. The van der Waals surface area contributed by atoms with Gasteiger partial charge in [-0.25, -0.2) is 0 Å². The van der Waals surface area contributed by atoms with Gasteiger partial charge in [-0.3, -0.25) is 4.79 Å². The lowest BCUT2D eigenvalue weighted by Crippen LogP contribution is -2.09. The zero-order valence-corrected chi connectivity index (χ0v) is 16.3. The van der Waals surface area contributed by atoms with Gasteiger partial charge in [-0.1, -0.05) is 36.4 Å². The lowest BCUT2D eigenvalue weighted by Gasteiger charge is -2.07. The maximum Gasteiger partial charge on any atom is 0.339 e. The third-order valence-electron chi connectivity index (χ3n) is 4.79. The van der Waals surface area contributed by atoms with Crippen LogP contribution in [0.25, 0.3) is 17.0 Å². The van der Waals surface area contributed by atoms with Gasteiger partial charge in [0.1, 0.15) is 16.4 Å². The number of hydrogen-bond donors (Lipinski definition) is 1. The Morgan fingerprint density at radius 1 is 0.933 bits per heavy atom. The van der Waals surface area contributed by atoms with E-state index in [0.29, 0.717) is 5.56 Å². The lowest BCUT2D eigenvalue weighted by atomic mass is 10.1. The van der Waals surface area contributed by atoms with Crippen molar-refractivity contribution in [1.82, 2.24) is 4.98 Å². The van der Waals surface area contributed by atoms with Crippen molar-refractivity contribution in [1.29, 1.82) is 0 Å². The molecule has 0 radical (unpaired) electrons.